The molecule has 0 bridgehead atoms. The Balaban J connectivity index is 2.53. The molecule has 1 aromatic rings. The molecule has 0 aliphatic carbocycles. The second kappa shape index (κ2) is 5.00. The maximum absolute atomic E-state index is 11.4. The summed E-state index contributed by atoms with van der Waals surface area (Å²) >= 11 is 0. The minimum atomic E-state index is -0.509. The molecule has 0 fully saturated rings. The number of hydrogen-bond donors (Lipinski definition) is 0. The average molecular weight is 250 g/mol. The van der Waals surface area contributed by atoms with E-state index in [1.54, 1.807) is 32.4 Å². The van der Waals surface area contributed by atoms with Crippen LogP contribution in [-0.4, -0.2) is 27.3 Å². The smallest absolute Gasteiger partial charge is 0.373 e. The van der Waals surface area contributed by atoms with Crippen molar-refractivity contribution in [2.75, 3.05) is 21.3 Å². The maximum Gasteiger partial charge on any atom is 0.373 e. The van der Waals surface area contributed by atoms with E-state index in [0.717, 1.165) is 11.1 Å². The van der Waals surface area contributed by atoms with Crippen molar-refractivity contribution in [3.63, 3.8) is 0 Å². The van der Waals surface area contributed by atoms with Gasteiger partial charge in [0.2, 0.25) is 5.76 Å². The molecule has 0 atom stereocenters. The van der Waals surface area contributed by atoms with Gasteiger partial charge >= 0.3 is 5.97 Å². The van der Waals surface area contributed by atoms with Crippen molar-refractivity contribution < 1.29 is 23.7 Å². The Hall–Kier alpha value is -2.17. The van der Waals surface area contributed by atoms with Gasteiger partial charge in [-0.25, -0.2) is 4.79 Å². The van der Waals surface area contributed by atoms with Crippen LogP contribution in [0.15, 0.2) is 17.9 Å². The van der Waals surface area contributed by atoms with Gasteiger partial charge in [0.05, 0.1) is 21.3 Å². The molecule has 0 unspecified atom stereocenters. The van der Waals surface area contributed by atoms with Crippen molar-refractivity contribution >= 4 is 12.0 Å². The molecule has 1 aliphatic heterocycles. The average Bonchev–Trinajstić information content (AvgIpc) is 2.44. The fourth-order valence-corrected chi connectivity index (χ4v) is 1.84. The first kappa shape index (κ1) is 12.3. The summed E-state index contributed by atoms with van der Waals surface area (Å²) < 4.78 is 20.5. The minimum Gasteiger partial charge on any atom is -0.496 e. The van der Waals surface area contributed by atoms with Gasteiger partial charge in [-0.15, -0.1) is 0 Å². The summed E-state index contributed by atoms with van der Waals surface area (Å²) in [6.07, 6.45) is 1.60. The van der Waals surface area contributed by atoms with Gasteiger partial charge in [-0.2, -0.15) is 0 Å². The van der Waals surface area contributed by atoms with E-state index >= 15 is 0 Å². The summed E-state index contributed by atoms with van der Waals surface area (Å²) in [6, 6.07) is 3.59. The third-order valence-electron chi connectivity index (χ3n) is 2.75. The van der Waals surface area contributed by atoms with Crippen LogP contribution in [-0.2, 0) is 20.9 Å². The van der Waals surface area contributed by atoms with E-state index in [4.69, 9.17) is 14.2 Å². The van der Waals surface area contributed by atoms with E-state index in [0.29, 0.717) is 11.5 Å². The molecule has 1 aliphatic rings. The van der Waals surface area contributed by atoms with Crippen LogP contribution in [0.2, 0.25) is 0 Å². The molecule has 0 radical (unpaired) electrons. The molecule has 96 valence electrons. The van der Waals surface area contributed by atoms with Crippen molar-refractivity contribution in [3.05, 3.63) is 29.0 Å². The van der Waals surface area contributed by atoms with Crippen molar-refractivity contribution in [3.8, 4) is 11.5 Å². The van der Waals surface area contributed by atoms with Gasteiger partial charge in [0.1, 0.15) is 18.1 Å². The highest BCUT2D eigenvalue weighted by molar-refractivity contribution is 5.93. The van der Waals surface area contributed by atoms with E-state index in [2.05, 4.69) is 4.74 Å². The molecule has 5 heteroatoms. The number of carbonyl (C=O) groups is 1. The van der Waals surface area contributed by atoms with Gasteiger partial charge in [0.15, 0.2) is 0 Å². The maximum atomic E-state index is 11.4. The van der Waals surface area contributed by atoms with Crippen molar-refractivity contribution in [1.29, 1.82) is 0 Å². The van der Waals surface area contributed by atoms with E-state index in [-0.39, 0.29) is 12.4 Å². The standard InChI is InChI=1S/C13H14O5/c1-15-10-4-5-11(16-2)9-7-18-12(6-8(9)10)13(14)17-3/h4-6H,7H2,1-3H3. The van der Waals surface area contributed by atoms with E-state index < -0.39 is 5.97 Å². The van der Waals surface area contributed by atoms with Gasteiger partial charge in [0, 0.05) is 11.1 Å². The summed E-state index contributed by atoms with van der Waals surface area (Å²) in [7, 11) is 4.47. The lowest BCUT2D eigenvalue weighted by atomic mass is 10.0. The monoisotopic (exact) mass is 250 g/mol. The molecule has 0 N–H and O–H groups in total. The van der Waals surface area contributed by atoms with Crippen LogP contribution in [0, 0.1) is 0 Å². The first-order chi connectivity index (χ1) is 8.71. The number of ether oxygens (including phenoxy) is 4. The lowest BCUT2D eigenvalue weighted by Gasteiger charge is -2.20. The van der Waals surface area contributed by atoms with Crippen LogP contribution < -0.4 is 9.47 Å². The first-order valence-corrected chi connectivity index (χ1v) is 5.38. The SMILES string of the molecule is COC(=O)C1=Cc2c(OC)ccc(OC)c2CO1. The van der Waals surface area contributed by atoms with Crippen LogP contribution in [0.3, 0.4) is 0 Å². The second-order valence-corrected chi connectivity index (χ2v) is 3.65. The lowest BCUT2D eigenvalue weighted by Crippen LogP contribution is -2.13. The highest BCUT2D eigenvalue weighted by Crippen LogP contribution is 2.36. The number of fused-ring (bicyclic) bond motifs is 1. The van der Waals surface area contributed by atoms with Gasteiger partial charge in [0.25, 0.3) is 0 Å². The Morgan fingerprint density at radius 3 is 2.44 bits per heavy atom. The van der Waals surface area contributed by atoms with Crippen molar-refractivity contribution in [2.24, 2.45) is 0 Å². The second-order valence-electron chi connectivity index (χ2n) is 3.65. The Morgan fingerprint density at radius 2 is 1.83 bits per heavy atom. The number of benzene rings is 1. The number of rotatable bonds is 3. The molecule has 5 nitrogen and oxygen atoms in total. The number of methoxy groups -OCH3 is 3. The van der Waals surface area contributed by atoms with Gasteiger partial charge < -0.3 is 18.9 Å². The Bertz CT molecular complexity index is 504. The Labute approximate surface area is 105 Å². The third-order valence-corrected chi connectivity index (χ3v) is 2.75. The van der Waals surface area contributed by atoms with Crippen LogP contribution >= 0.6 is 0 Å². The first-order valence-electron chi connectivity index (χ1n) is 5.38. The van der Waals surface area contributed by atoms with E-state index in [9.17, 15) is 4.79 Å². The van der Waals surface area contributed by atoms with Gasteiger partial charge in [-0.05, 0) is 18.2 Å². The highest BCUT2D eigenvalue weighted by Gasteiger charge is 2.23. The quantitative estimate of drug-likeness (QED) is 0.765. The van der Waals surface area contributed by atoms with Crippen LogP contribution in [0.4, 0.5) is 0 Å². The molecule has 0 aromatic heterocycles. The molecule has 0 saturated heterocycles. The highest BCUT2D eigenvalue weighted by atomic mass is 16.6. The van der Waals surface area contributed by atoms with Crippen molar-refractivity contribution in [1.82, 2.24) is 0 Å². The summed E-state index contributed by atoms with van der Waals surface area (Å²) in [5.41, 5.74) is 1.63. The minimum absolute atomic E-state index is 0.163. The van der Waals surface area contributed by atoms with E-state index in [1.165, 1.54) is 7.11 Å². The van der Waals surface area contributed by atoms with E-state index in [1.807, 2.05) is 0 Å². The number of esters is 1. The molecular weight excluding hydrogens is 236 g/mol. The predicted molar refractivity (Wildman–Crippen MR) is 64.3 cm³/mol. The van der Waals surface area contributed by atoms with Gasteiger partial charge in [-0.3, -0.25) is 0 Å². The molecule has 0 amide bonds. The molecule has 0 spiro atoms. The molecular formula is C13H14O5. The van der Waals surface area contributed by atoms with Crippen LogP contribution in [0.25, 0.3) is 6.08 Å². The Morgan fingerprint density at radius 1 is 1.17 bits per heavy atom. The Kier molecular flexibility index (Phi) is 3.41. The zero-order valence-electron chi connectivity index (χ0n) is 10.5. The largest absolute Gasteiger partial charge is 0.496 e. The topological polar surface area (TPSA) is 54.0 Å². The zero-order valence-corrected chi connectivity index (χ0v) is 10.5. The lowest BCUT2D eigenvalue weighted by molar-refractivity contribution is -0.140. The summed E-state index contributed by atoms with van der Waals surface area (Å²) in [6.45, 7) is 0.247. The predicted octanol–water partition coefficient (Wildman–Crippen LogP) is 1.75. The normalized spacial score (nSPS) is 12.9. The third kappa shape index (κ3) is 1.99. The summed E-state index contributed by atoms with van der Waals surface area (Å²) in [5.74, 6) is 1.02. The number of hydrogen-bond acceptors (Lipinski definition) is 5. The zero-order chi connectivity index (χ0) is 13.1. The summed E-state index contributed by atoms with van der Waals surface area (Å²) in [4.78, 5) is 11.4. The summed E-state index contributed by atoms with van der Waals surface area (Å²) in [5, 5.41) is 0. The fourth-order valence-electron chi connectivity index (χ4n) is 1.84. The molecule has 2 rings (SSSR count). The fraction of sp³-hybridized carbons (Fsp3) is 0.308. The molecule has 0 saturated carbocycles. The molecule has 1 aromatic carbocycles. The number of carbonyl (C=O) groups excluding carboxylic acids is 1. The van der Waals surface area contributed by atoms with Crippen LogP contribution in [0.5, 0.6) is 11.5 Å². The molecule has 1 heterocycles. The van der Waals surface area contributed by atoms with Crippen LogP contribution in [0.1, 0.15) is 11.1 Å². The van der Waals surface area contributed by atoms with Crippen molar-refractivity contribution in [2.45, 2.75) is 6.61 Å². The van der Waals surface area contributed by atoms with Gasteiger partial charge in [-0.1, -0.05) is 0 Å². The molecule has 18 heavy (non-hydrogen) atoms.